The van der Waals surface area contributed by atoms with Crippen LogP contribution in [-0.4, -0.2) is 42.5 Å². The van der Waals surface area contributed by atoms with Crippen LogP contribution in [0.15, 0.2) is 29.2 Å². The van der Waals surface area contributed by atoms with Crippen LogP contribution in [0.5, 0.6) is 0 Å². The largest absolute Gasteiger partial charge is 0.301 e. The molecule has 2 aliphatic rings. The van der Waals surface area contributed by atoms with Gasteiger partial charge in [0.05, 0.1) is 11.9 Å². The van der Waals surface area contributed by atoms with E-state index >= 15 is 0 Å². The highest BCUT2D eigenvalue weighted by Gasteiger charge is 2.35. The van der Waals surface area contributed by atoms with Crippen LogP contribution in [0.4, 0.5) is 5.13 Å². The van der Waals surface area contributed by atoms with Crippen molar-refractivity contribution in [1.82, 2.24) is 9.29 Å². The van der Waals surface area contributed by atoms with Gasteiger partial charge in [-0.05, 0) is 18.9 Å². The number of fused-ring (bicyclic) bond motifs is 3. The lowest BCUT2D eigenvalue weighted by Gasteiger charge is -2.32. The van der Waals surface area contributed by atoms with Crippen molar-refractivity contribution in [2.24, 2.45) is 0 Å². The van der Waals surface area contributed by atoms with E-state index in [2.05, 4.69) is 16.4 Å². The van der Waals surface area contributed by atoms with Crippen molar-refractivity contribution in [1.29, 1.82) is 0 Å². The van der Waals surface area contributed by atoms with Gasteiger partial charge in [0.25, 0.3) is 0 Å². The van der Waals surface area contributed by atoms with Gasteiger partial charge in [0.2, 0.25) is 15.9 Å². The fourth-order valence-electron chi connectivity index (χ4n) is 3.40. The second-order valence-corrected chi connectivity index (χ2v) is 10.5. The van der Waals surface area contributed by atoms with Crippen LogP contribution in [0, 0.1) is 0 Å². The Morgan fingerprint density at radius 1 is 1.31 bits per heavy atom. The Bertz CT molecular complexity index is 955. The molecule has 1 amide bonds. The van der Waals surface area contributed by atoms with E-state index in [0.29, 0.717) is 18.1 Å². The molecule has 2 aromatic rings. The van der Waals surface area contributed by atoms with Crippen molar-refractivity contribution in [3.63, 3.8) is 0 Å². The maximum Gasteiger partial charge on any atom is 0.244 e. The monoisotopic (exact) mass is 409 g/mol. The smallest absolute Gasteiger partial charge is 0.244 e. The molecule has 1 N–H and O–H groups in total. The number of thiazole rings is 1. The molecule has 0 radical (unpaired) electrons. The Morgan fingerprint density at radius 3 is 2.92 bits per heavy atom. The van der Waals surface area contributed by atoms with Gasteiger partial charge in [0.15, 0.2) is 5.13 Å². The van der Waals surface area contributed by atoms with E-state index in [1.807, 2.05) is 18.2 Å². The van der Waals surface area contributed by atoms with Crippen LogP contribution in [0.1, 0.15) is 24.1 Å². The van der Waals surface area contributed by atoms with Crippen molar-refractivity contribution >= 4 is 44.2 Å². The Kier molecular flexibility index (Phi) is 4.81. The summed E-state index contributed by atoms with van der Waals surface area (Å²) in [5.41, 5.74) is 2.01. The maximum absolute atomic E-state index is 12.7. The Balaban J connectivity index is 1.57. The first-order valence-electron chi connectivity index (χ1n) is 8.43. The van der Waals surface area contributed by atoms with Gasteiger partial charge >= 0.3 is 0 Å². The second-order valence-electron chi connectivity index (χ2n) is 6.45. The molecular weight excluding hydrogens is 390 g/mol. The van der Waals surface area contributed by atoms with Crippen molar-refractivity contribution in [2.45, 2.75) is 36.0 Å². The van der Waals surface area contributed by atoms with Gasteiger partial charge in [0.1, 0.15) is 6.04 Å². The molecular formula is C17H19N3O3S3. The number of carbonyl (C=O) groups is 1. The lowest BCUT2D eigenvalue weighted by atomic mass is 10.0. The fraction of sp³-hybridized carbons (Fsp3) is 0.412. The molecule has 26 heavy (non-hydrogen) atoms. The molecule has 4 rings (SSSR count). The number of hydrogen-bond donors (Lipinski definition) is 1. The van der Waals surface area contributed by atoms with Crippen LogP contribution < -0.4 is 5.32 Å². The molecule has 1 fully saturated rings. The minimum absolute atomic E-state index is 0.290. The van der Waals surface area contributed by atoms with E-state index in [0.717, 1.165) is 41.0 Å². The normalized spacial score (nSPS) is 20.3. The topological polar surface area (TPSA) is 79.4 Å². The minimum Gasteiger partial charge on any atom is -0.301 e. The third-order valence-electron chi connectivity index (χ3n) is 4.61. The van der Waals surface area contributed by atoms with E-state index in [1.165, 1.54) is 20.5 Å². The number of aromatic nitrogens is 1. The highest BCUT2D eigenvalue weighted by atomic mass is 32.2. The van der Waals surface area contributed by atoms with Gasteiger partial charge in [-0.15, -0.1) is 23.1 Å². The molecule has 9 heteroatoms. The van der Waals surface area contributed by atoms with Crippen molar-refractivity contribution in [3.05, 3.63) is 29.1 Å². The third-order valence-corrected chi connectivity index (χ3v) is 8.15. The Morgan fingerprint density at radius 2 is 2.12 bits per heavy atom. The fourth-order valence-corrected chi connectivity index (χ4v) is 6.63. The first kappa shape index (κ1) is 18.0. The average Bonchev–Trinajstić information content (AvgIpc) is 3.04. The van der Waals surface area contributed by atoms with Gasteiger partial charge in [0, 0.05) is 27.6 Å². The zero-order valence-corrected chi connectivity index (χ0v) is 16.7. The van der Waals surface area contributed by atoms with Crippen LogP contribution >= 0.6 is 23.1 Å². The molecule has 0 aliphatic carbocycles. The molecule has 1 atom stereocenters. The van der Waals surface area contributed by atoms with Gasteiger partial charge in [-0.25, -0.2) is 13.4 Å². The lowest BCUT2D eigenvalue weighted by Crippen LogP contribution is -2.49. The summed E-state index contributed by atoms with van der Waals surface area (Å²) in [6.07, 6.45) is 3.34. The zero-order chi connectivity index (χ0) is 18.3. The number of sulfonamides is 1. The predicted molar refractivity (Wildman–Crippen MR) is 105 cm³/mol. The first-order valence-corrected chi connectivity index (χ1v) is 12.1. The van der Waals surface area contributed by atoms with Crippen molar-refractivity contribution in [3.8, 4) is 11.3 Å². The van der Waals surface area contributed by atoms with E-state index in [9.17, 15) is 13.2 Å². The zero-order valence-electron chi connectivity index (χ0n) is 14.3. The summed E-state index contributed by atoms with van der Waals surface area (Å²) in [6, 6.07) is 7.46. The highest BCUT2D eigenvalue weighted by Crippen LogP contribution is 2.44. The van der Waals surface area contributed by atoms with Gasteiger partial charge in [-0.3, -0.25) is 4.79 Å². The molecule has 6 nitrogen and oxygen atoms in total. The molecule has 1 saturated heterocycles. The van der Waals surface area contributed by atoms with Crippen LogP contribution in [-0.2, 0) is 20.6 Å². The Hall–Kier alpha value is -1.42. The first-order chi connectivity index (χ1) is 12.4. The molecule has 0 spiro atoms. The summed E-state index contributed by atoms with van der Waals surface area (Å²) < 4.78 is 25.3. The number of hydrogen-bond acceptors (Lipinski definition) is 6. The third kappa shape index (κ3) is 3.40. The van der Waals surface area contributed by atoms with E-state index in [1.54, 1.807) is 11.8 Å². The van der Waals surface area contributed by atoms with Gasteiger partial charge in [-0.1, -0.05) is 24.6 Å². The van der Waals surface area contributed by atoms with E-state index < -0.39 is 16.1 Å². The van der Waals surface area contributed by atoms with E-state index in [-0.39, 0.29) is 5.91 Å². The standard InChI is InChI=1S/C17H19N3O3S3/c1-26(22,23)20-9-5-4-7-12(20)16(21)19-17-18-15-11-6-2-3-8-13(11)24-10-14(15)25-17/h2-3,6,8,12H,4-5,7,9-10H2,1H3,(H,18,19,21). The highest BCUT2D eigenvalue weighted by molar-refractivity contribution is 7.98. The number of rotatable bonds is 3. The summed E-state index contributed by atoms with van der Waals surface area (Å²) in [4.78, 5) is 19.7. The average molecular weight is 410 g/mol. The Labute approximate surface area is 161 Å². The number of nitrogens with zero attached hydrogens (tertiary/aromatic N) is 2. The number of piperidine rings is 1. The maximum atomic E-state index is 12.7. The summed E-state index contributed by atoms with van der Waals surface area (Å²) in [6.45, 7) is 0.398. The minimum atomic E-state index is -3.40. The number of anilines is 1. The van der Waals surface area contributed by atoms with Gasteiger partial charge in [-0.2, -0.15) is 4.31 Å². The molecule has 1 aromatic carbocycles. The van der Waals surface area contributed by atoms with E-state index in [4.69, 9.17) is 0 Å². The SMILES string of the molecule is CS(=O)(=O)N1CCCCC1C(=O)Nc1nc2c(s1)CSc1ccccc1-2. The summed E-state index contributed by atoms with van der Waals surface area (Å²) in [7, 11) is -3.40. The number of thioether (sulfide) groups is 1. The molecule has 1 aromatic heterocycles. The van der Waals surface area contributed by atoms with Crippen molar-refractivity contribution in [2.75, 3.05) is 18.1 Å². The quantitative estimate of drug-likeness (QED) is 0.842. The summed E-state index contributed by atoms with van der Waals surface area (Å²) >= 11 is 3.23. The molecule has 3 heterocycles. The molecule has 138 valence electrons. The molecule has 1 unspecified atom stereocenters. The van der Waals surface area contributed by atoms with Gasteiger partial charge < -0.3 is 5.32 Å². The summed E-state index contributed by atoms with van der Waals surface area (Å²) in [5, 5.41) is 3.39. The lowest BCUT2D eigenvalue weighted by molar-refractivity contribution is -0.120. The van der Waals surface area contributed by atoms with Crippen LogP contribution in [0.3, 0.4) is 0 Å². The summed E-state index contributed by atoms with van der Waals surface area (Å²) in [5.74, 6) is 0.542. The molecule has 0 saturated carbocycles. The number of carbonyl (C=O) groups excluding carboxylic acids is 1. The molecule has 0 bridgehead atoms. The number of nitrogens with one attached hydrogen (secondary N) is 1. The number of amides is 1. The number of benzene rings is 1. The van der Waals surface area contributed by atoms with Crippen LogP contribution in [0.25, 0.3) is 11.3 Å². The predicted octanol–water partition coefficient (Wildman–Crippen LogP) is 3.17. The van der Waals surface area contributed by atoms with Crippen LogP contribution in [0.2, 0.25) is 0 Å². The molecule has 2 aliphatic heterocycles. The van der Waals surface area contributed by atoms with Crippen molar-refractivity contribution < 1.29 is 13.2 Å². The second kappa shape index (κ2) is 6.95.